The Bertz CT molecular complexity index is 1350. The molecular weight excluding hydrogens is 470 g/mol. The second kappa shape index (κ2) is 8.47. The maximum atomic E-state index is 15.0. The van der Waals surface area contributed by atoms with Gasteiger partial charge in [0.1, 0.15) is 5.75 Å². The van der Waals surface area contributed by atoms with Crippen LogP contribution in [0, 0.1) is 51.2 Å². The average molecular weight is 504 g/mol. The van der Waals surface area contributed by atoms with Crippen molar-refractivity contribution >= 4 is 11.9 Å². The summed E-state index contributed by atoms with van der Waals surface area (Å²) < 4.78 is 5.69. The maximum Gasteiger partial charge on any atom is 0.177 e. The highest BCUT2D eigenvalue weighted by molar-refractivity contribution is 5.93. The Hall–Kier alpha value is -3.57. The normalized spacial score (nSPS) is 35.2. The number of ether oxygens (including phenoxy) is 1. The number of rotatable bonds is 5. The molecule has 38 heavy (non-hydrogen) atoms. The first kappa shape index (κ1) is 23.5. The minimum atomic E-state index is -1.41. The lowest BCUT2D eigenvalue weighted by molar-refractivity contribution is -0.148. The van der Waals surface area contributed by atoms with E-state index in [1.807, 2.05) is 67.7 Å². The minimum Gasteiger partial charge on any atom is -0.494 e. The van der Waals surface area contributed by atoms with Gasteiger partial charge in [-0.15, -0.1) is 0 Å². The van der Waals surface area contributed by atoms with E-state index >= 15 is 4.79 Å². The van der Waals surface area contributed by atoms with Crippen LogP contribution in [0.4, 0.5) is 0 Å². The van der Waals surface area contributed by atoms with Crippen molar-refractivity contribution in [3.8, 4) is 17.9 Å². The van der Waals surface area contributed by atoms with E-state index in [1.165, 1.54) is 19.3 Å². The molecule has 2 heterocycles. The first-order chi connectivity index (χ1) is 18.5. The summed E-state index contributed by atoms with van der Waals surface area (Å²) in [6, 6.07) is 19.7. The molecule has 0 aromatic heterocycles. The van der Waals surface area contributed by atoms with Crippen LogP contribution in [0.15, 0.2) is 54.7 Å². The predicted molar refractivity (Wildman–Crippen MR) is 143 cm³/mol. The highest BCUT2D eigenvalue weighted by atomic mass is 16.5. The Morgan fingerprint density at radius 1 is 0.974 bits per heavy atom. The van der Waals surface area contributed by atoms with E-state index in [1.54, 1.807) is 0 Å². The van der Waals surface area contributed by atoms with Gasteiger partial charge >= 0.3 is 0 Å². The van der Waals surface area contributed by atoms with Crippen LogP contribution < -0.4 is 4.74 Å². The van der Waals surface area contributed by atoms with Crippen LogP contribution in [0.3, 0.4) is 0 Å². The molecule has 4 aliphatic carbocycles. The molecule has 1 saturated heterocycles. The Balaban J connectivity index is 1.40. The first-order valence-corrected chi connectivity index (χ1v) is 14.2. The molecule has 5 heteroatoms. The first-order valence-electron chi connectivity index (χ1n) is 14.2. The molecule has 2 aliphatic heterocycles. The van der Waals surface area contributed by atoms with Crippen molar-refractivity contribution < 1.29 is 9.53 Å². The molecule has 0 amide bonds. The predicted octanol–water partition coefficient (Wildman–Crippen LogP) is 6.40. The van der Waals surface area contributed by atoms with Gasteiger partial charge in [0.15, 0.2) is 11.2 Å². The lowest BCUT2D eigenvalue weighted by atomic mass is 9.47. The van der Waals surface area contributed by atoms with Gasteiger partial charge in [-0.2, -0.15) is 10.5 Å². The largest absolute Gasteiger partial charge is 0.494 e. The van der Waals surface area contributed by atoms with E-state index in [4.69, 9.17) is 4.74 Å². The van der Waals surface area contributed by atoms with Gasteiger partial charge in [0, 0.05) is 17.5 Å². The summed E-state index contributed by atoms with van der Waals surface area (Å²) in [5.74, 6) is 2.37. The monoisotopic (exact) mass is 503 g/mol. The van der Waals surface area contributed by atoms with E-state index in [-0.39, 0.29) is 11.2 Å². The summed E-state index contributed by atoms with van der Waals surface area (Å²) in [5, 5.41) is 21.7. The number of carbonyl (C=O) groups is 1. The fourth-order valence-corrected chi connectivity index (χ4v) is 9.33. The molecule has 4 saturated carbocycles. The van der Waals surface area contributed by atoms with Gasteiger partial charge in [-0.25, -0.2) is 0 Å². The molecule has 6 aliphatic rings. The number of benzene rings is 2. The Morgan fingerprint density at radius 3 is 2.21 bits per heavy atom. The molecule has 8 rings (SSSR count). The zero-order chi connectivity index (χ0) is 26.1. The second-order valence-electron chi connectivity index (χ2n) is 12.4. The van der Waals surface area contributed by atoms with Crippen molar-refractivity contribution in [1.82, 2.24) is 4.90 Å². The molecule has 2 aromatic rings. The molecule has 3 atom stereocenters. The molecule has 0 N–H and O–H groups in total. The summed E-state index contributed by atoms with van der Waals surface area (Å²) in [6.07, 6.45) is 10.7. The third-order valence-electron chi connectivity index (χ3n) is 10.3. The van der Waals surface area contributed by atoms with Gasteiger partial charge in [-0.3, -0.25) is 4.79 Å². The standard InChI is InChI=1S/C33H33N3O2/c1-2-38-26-9-7-25(8-10-26)28-29(31(37)32-16-21-13-22(17-32)15-23(14-21)18-32)36-12-11-24-5-3-4-6-27(24)30(36)33(28,19-34)20-35/h3-12,21-23,28-30H,2,13-18H2,1H3/t21?,22?,23?,28-,29+,30-,32?/m1/s1. The lowest BCUT2D eigenvalue weighted by Crippen LogP contribution is -2.55. The molecule has 2 aromatic carbocycles. The quantitative estimate of drug-likeness (QED) is 0.472. The molecule has 0 spiro atoms. The minimum absolute atomic E-state index is 0.261. The molecule has 0 radical (unpaired) electrons. The van der Waals surface area contributed by atoms with Crippen LogP contribution in [-0.4, -0.2) is 23.3 Å². The zero-order valence-electron chi connectivity index (χ0n) is 21.8. The number of nitrogens with zero attached hydrogens (tertiary/aromatic N) is 3. The van der Waals surface area contributed by atoms with Crippen molar-refractivity contribution in [2.75, 3.05) is 6.61 Å². The summed E-state index contributed by atoms with van der Waals surface area (Å²) >= 11 is 0. The number of Topliss-reactive ketones (excluding diaryl/α,β-unsaturated/α-hetero) is 1. The lowest BCUT2D eigenvalue weighted by Gasteiger charge is -2.57. The third kappa shape index (κ3) is 3.18. The summed E-state index contributed by atoms with van der Waals surface area (Å²) in [5.41, 5.74) is 1.09. The van der Waals surface area contributed by atoms with Gasteiger partial charge in [-0.1, -0.05) is 36.4 Å². The van der Waals surface area contributed by atoms with Gasteiger partial charge in [0.25, 0.3) is 0 Å². The van der Waals surface area contributed by atoms with Crippen molar-refractivity contribution in [3.63, 3.8) is 0 Å². The van der Waals surface area contributed by atoms with Crippen molar-refractivity contribution in [2.45, 2.75) is 63.5 Å². The number of ketones is 1. The maximum absolute atomic E-state index is 15.0. The van der Waals surface area contributed by atoms with Gasteiger partial charge in [0.2, 0.25) is 0 Å². The van der Waals surface area contributed by atoms with Crippen LogP contribution in [-0.2, 0) is 4.79 Å². The van der Waals surface area contributed by atoms with E-state index in [2.05, 4.69) is 17.0 Å². The van der Waals surface area contributed by atoms with E-state index < -0.39 is 23.4 Å². The molecule has 5 nitrogen and oxygen atoms in total. The smallest absolute Gasteiger partial charge is 0.177 e. The third-order valence-corrected chi connectivity index (χ3v) is 10.3. The number of fused-ring (bicyclic) bond motifs is 3. The van der Waals surface area contributed by atoms with Crippen LogP contribution in [0.2, 0.25) is 0 Å². The van der Waals surface area contributed by atoms with Crippen LogP contribution >= 0.6 is 0 Å². The van der Waals surface area contributed by atoms with Crippen LogP contribution in [0.25, 0.3) is 6.08 Å². The fraction of sp³-hybridized carbons (Fsp3) is 0.485. The topological polar surface area (TPSA) is 77.1 Å². The zero-order valence-corrected chi connectivity index (χ0v) is 21.8. The van der Waals surface area contributed by atoms with Gasteiger partial charge in [0.05, 0.1) is 30.8 Å². The molecular formula is C33H33N3O2. The van der Waals surface area contributed by atoms with Gasteiger partial charge in [-0.05, 0) is 98.1 Å². The Labute approximate surface area is 224 Å². The second-order valence-corrected chi connectivity index (χ2v) is 12.4. The van der Waals surface area contributed by atoms with Crippen molar-refractivity contribution in [1.29, 1.82) is 10.5 Å². The molecule has 4 bridgehead atoms. The number of hydrogen-bond acceptors (Lipinski definition) is 5. The molecule has 0 unspecified atom stereocenters. The highest BCUT2D eigenvalue weighted by Gasteiger charge is 2.67. The van der Waals surface area contributed by atoms with Gasteiger partial charge < -0.3 is 9.64 Å². The highest BCUT2D eigenvalue weighted by Crippen LogP contribution is 2.65. The number of hydrogen-bond donors (Lipinski definition) is 0. The Kier molecular flexibility index (Phi) is 5.25. The van der Waals surface area contributed by atoms with E-state index in [9.17, 15) is 10.5 Å². The van der Waals surface area contributed by atoms with E-state index in [0.717, 1.165) is 41.7 Å². The number of carbonyl (C=O) groups excluding carboxylic acids is 1. The summed E-state index contributed by atoms with van der Waals surface area (Å²) in [4.78, 5) is 17.1. The SMILES string of the molecule is CCOc1ccc([C@@H]2[C@@H](C(=O)C34CC5CC(CC(C5)C3)C4)N3C=Cc4ccccc4[C@@H]3C2(C#N)C#N)cc1. The molecule has 192 valence electrons. The fourth-order valence-electron chi connectivity index (χ4n) is 9.33. The summed E-state index contributed by atoms with van der Waals surface area (Å²) in [6.45, 7) is 2.51. The Morgan fingerprint density at radius 2 is 1.61 bits per heavy atom. The average Bonchev–Trinajstić information content (AvgIpc) is 3.23. The number of nitriles is 2. The van der Waals surface area contributed by atoms with Crippen LogP contribution in [0.5, 0.6) is 5.75 Å². The molecule has 5 fully saturated rings. The van der Waals surface area contributed by atoms with Crippen molar-refractivity contribution in [2.24, 2.45) is 28.6 Å². The van der Waals surface area contributed by atoms with Crippen molar-refractivity contribution in [3.05, 3.63) is 71.4 Å². The van der Waals surface area contributed by atoms with Crippen LogP contribution in [0.1, 0.15) is 74.1 Å². The van der Waals surface area contributed by atoms with E-state index in [0.29, 0.717) is 24.4 Å². The summed E-state index contributed by atoms with van der Waals surface area (Å²) in [7, 11) is 0.